The third-order valence-corrected chi connectivity index (χ3v) is 5.07. The van der Waals surface area contributed by atoms with Crippen molar-refractivity contribution in [3.63, 3.8) is 0 Å². The van der Waals surface area contributed by atoms with E-state index < -0.39 is 11.8 Å². The highest BCUT2D eigenvalue weighted by atomic mass is 35.5. The van der Waals surface area contributed by atoms with Crippen molar-refractivity contribution in [3.8, 4) is 0 Å². The molecule has 164 valence electrons. The number of amides is 2. The van der Waals surface area contributed by atoms with E-state index in [1.165, 1.54) is 10.8 Å². The van der Waals surface area contributed by atoms with Gasteiger partial charge in [0, 0.05) is 16.5 Å². The summed E-state index contributed by atoms with van der Waals surface area (Å²) in [6, 6.07) is 23.1. The zero-order valence-corrected chi connectivity index (χ0v) is 18.1. The largest absolute Gasteiger partial charge is 0.290 e. The average molecular weight is 459 g/mol. The van der Waals surface area contributed by atoms with Crippen LogP contribution in [-0.4, -0.2) is 21.6 Å². The number of hydrazine groups is 1. The molecule has 3 aromatic carbocycles. The lowest BCUT2D eigenvalue weighted by atomic mass is 10.1. The number of nitrogens with zero attached hydrogens (tertiary/aromatic N) is 2. The fourth-order valence-electron chi connectivity index (χ4n) is 3.27. The van der Waals surface area contributed by atoms with E-state index in [-0.39, 0.29) is 17.8 Å². The zero-order valence-electron chi connectivity index (χ0n) is 17.4. The summed E-state index contributed by atoms with van der Waals surface area (Å²) in [5.41, 5.74) is 6.02. The van der Waals surface area contributed by atoms with E-state index in [9.17, 15) is 14.4 Å². The highest BCUT2D eigenvalue weighted by Crippen LogP contribution is 2.14. The third-order valence-electron chi connectivity index (χ3n) is 4.83. The molecule has 0 atom stereocenters. The van der Waals surface area contributed by atoms with Gasteiger partial charge < -0.3 is 0 Å². The Bertz CT molecular complexity index is 1410. The molecule has 4 rings (SSSR count). The van der Waals surface area contributed by atoms with Gasteiger partial charge in [0.15, 0.2) is 5.69 Å². The van der Waals surface area contributed by atoms with E-state index in [4.69, 9.17) is 11.6 Å². The van der Waals surface area contributed by atoms with Gasteiger partial charge in [-0.05, 0) is 35.4 Å². The first-order valence-electron chi connectivity index (χ1n) is 10.1. The molecule has 0 aliphatic heterocycles. The van der Waals surface area contributed by atoms with Crippen LogP contribution in [0.25, 0.3) is 16.8 Å². The molecule has 0 radical (unpaired) electrons. The predicted molar refractivity (Wildman–Crippen MR) is 128 cm³/mol. The van der Waals surface area contributed by atoms with Crippen LogP contribution < -0.4 is 16.4 Å². The summed E-state index contributed by atoms with van der Waals surface area (Å²) in [5, 5.41) is 5.59. The van der Waals surface area contributed by atoms with E-state index in [0.29, 0.717) is 15.8 Å². The van der Waals surface area contributed by atoms with Crippen LogP contribution in [0.1, 0.15) is 21.6 Å². The minimum absolute atomic E-state index is 0.0280. The van der Waals surface area contributed by atoms with Gasteiger partial charge in [-0.1, -0.05) is 72.3 Å². The van der Waals surface area contributed by atoms with Crippen molar-refractivity contribution in [2.45, 2.75) is 6.54 Å². The second-order valence-electron chi connectivity index (χ2n) is 7.17. The molecule has 0 unspecified atom stereocenters. The van der Waals surface area contributed by atoms with Gasteiger partial charge in [-0.3, -0.25) is 25.2 Å². The fraction of sp³-hybridized carbons (Fsp3) is 0.0400. The van der Waals surface area contributed by atoms with Gasteiger partial charge in [0.1, 0.15) is 0 Å². The SMILES string of the molecule is O=C(/C=C/c1cccc(Cl)c1)NNC(=O)c1nn(Cc2ccccc2)c(=O)c2ccccc12. The first-order valence-corrected chi connectivity index (χ1v) is 10.5. The number of aromatic nitrogens is 2. The van der Waals surface area contributed by atoms with Gasteiger partial charge >= 0.3 is 0 Å². The fourth-order valence-corrected chi connectivity index (χ4v) is 3.47. The topological polar surface area (TPSA) is 93.1 Å². The van der Waals surface area contributed by atoms with Gasteiger partial charge in [0.25, 0.3) is 17.4 Å². The summed E-state index contributed by atoms with van der Waals surface area (Å²) in [7, 11) is 0. The molecular formula is C25H19ClN4O3. The number of carbonyl (C=O) groups is 2. The molecule has 1 aromatic heterocycles. The smallest absolute Gasteiger partial charge is 0.268 e. The van der Waals surface area contributed by atoms with Crippen LogP contribution in [0, 0.1) is 0 Å². The van der Waals surface area contributed by atoms with E-state index in [1.54, 1.807) is 54.6 Å². The van der Waals surface area contributed by atoms with Gasteiger partial charge in [-0.25, -0.2) is 4.68 Å². The summed E-state index contributed by atoms with van der Waals surface area (Å²) in [5.74, 6) is -1.18. The number of hydrogen-bond acceptors (Lipinski definition) is 4. The Morgan fingerprint density at radius 2 is 1.64 bits per heavy atom. The number of halogens is 1. The maximum Gasteiger partial charge on any atom is 0.290 e. The summed E-state index contributed by atoms with van der Waals surface area (Å²) in [6.07, 6.45) is 2.84. The molecule has 0 aliphatic carbocycles. The van der Waals surface area contributed by atoms with Crippen molar-refractivity contribution in [1.82, 2.24) is 20.6 Å². The molecule has 8 heteroatoms. The Morgan fingerprint density at radius 1 is 0.909 bits per heavy atom. The molecule has 7 nitrogen and oxygen atoms in total. The quantitative estimate of drug-likeness (QED) is 0.353. The van der Waals surface area contributed by atoms with E-state index in [0.717, 1.165) is 11.1 Å². The van der Waals surface area contributed by atoms with Crippen molar-refractivity contribution < 1.29 is 9.59 Å². The van der Waals surface area contributed by atoms with Gasteiger partial charge in [-0.2, -0.15) is 5.10 Å². The van der Waals surface area contributed by atoms with Crippen molar-refractivity contribution in [1.29, 1.82) is 0 Å². The van der Waals surface area contributed by atoms with Gasteiger partial charge in [-0.15, -0.1) is 0 Å². The minimum Gasteiger partial charge on any atom is -0.268 e. The number of fused-ring (bicyclic) bond motifs is 1. The van der Waals surface area contributed by atoms with Gasteiger partial charge in [0.2, 0.25) is 0 Å². The highest BCUT2D eigenvalue weighted by Gasteiger charge is 2.17. The molecule has 4 aromatic rings. The Labute approximate surface area is 194 Å². The van der Waals surface area contributed by atoms with Crippen LogP contribution in [0.4, 0.5) is 0 Å². The Hall–Kier alpha value is -4.23. The number of carbonyl (C=O) groups excluding carboxylic acids is 2. The van der Waals surface area contributed by atoms with Crippen LogP contribution in [0.2, 0.25) is 5.02 Å². The van der Waals surface area contributed by atoms with Crippen LogP contribution in [-0.2, 0) is 11.3 Å². The van der Waals surface area contributed by atoms with Crippen LogP contribution in [0.3, 0.4) is 0 Å². The lowest BCUT2D eigenvalue weighted by Crippen LogP contribution is -2.42. The second kappa shape index (κ2) is 9.93. The normalized spacial score (nSPS) is 10.9. The molecule has 2 N–H and O–H groups in total. The Morgan fingerprint density at radius 3 is 2.39 bits per heavy atom. The molecule has 0 aliphatic rings. The minimum atomic E-state index is -0.641. The third kappa shape index (κ3) is 5.34. The average Bonchev–Trinajstić information content (AvgIpc) is 2.84. The molecule has 0 fully saturated rings. The maximum absolute atomic E-state index is 12.9. The van der Waals surface area contributed by atoms with Crippen LogP contribution in [0.15, 0.2) is 89.7 Å². The lowest BCUT2D eigenvalue weighted by Gasteiger charge is -2.11. The van der Waals surface area contributed by atoms with Crippen molar-refractivity contribution >= 4 is 40.3 Å². The van der Waals surface area contributed by atoms with Crippen molar-refractivity contribution in [2.24, 2.45) is 0 Å². The summed E-state index contributed by atoms with van der Waals surface area (Å²) in [4.78, 5) is 37.9. The number of hydrogen-bond donors (Lipinski definition) is 2. The van der Waals surface area contributed by atoms with E-state index in [1.807, 2.05) is 30.3 Å². The zero-order chi connectivity index (χ0) is 23.2. The molecule has 0 saturated carbocycles. The van der Waals surface area contributed by atoms with Crippen molar-refractivity contribution in [2.75, 3.05) is 0 Å². The Kier molecular flexibility index (Phi) is 6.61. The molecule has 0 spiro atoms. The highest BCUT2D eigenvalue weighted by molar-refractivity contribution is 6.30. The molecule has 0 bridgehead atoms. The molecule has 2 amide bonds. The first-order chi connectivity index (χ1) is 16.0. The summed E-state index contributed by atoms with van der Waals surface area (Å²) in [6.45, 7) is 0.208. The molecule has 1 heterocycles. The standard InChI is InChI=1S/C25H19ClN4O3/c26-19-10-6-9-17(15-19)13-14-22(31)27-28-24(32)23-20-11-4-5-12-21(20)25(33)30(29-23)16-18-7-2-1-3-8-18/h1-15H,16H2,(H,27,31)(H,28,32)/b14-13+. The van der Waals surface area contributed by atoms with Gasteiger partial charge in [0.05, 0.1) is 11.9 Å². The second-order valence-corrected chi connectivity index (χ2v) is 7.61. The predicted octanol–water partition coefficient (Wildman–Crippen LogP) is 3.57. The molecule has 0 saturated heterocycles. The number of nitrogens with one attached hydrogen (secondary N) is 2. The maximum atomic E-state index is 12.9. The Balaban J connectivity index is 1.55. The monoisotopic (exact) mass is 458 g/mol. The van der Waals surface area contributed by atoms with Crippen LogP contribution >= 0.6 is 11.6 Å². The summed E-state index contributed by atoms with van der Waals surface area (Å²) >= 11 is 5.93. The van der Waals surface area contributed by atoms with E-state index in [2.05, 4.69) is 16.0 Å². The number of benzene rings is 3. The molecule has 33 heavy (non-hydrogen) atoms. The molecular weight excluding hydrogens is 440 g/mol. The van der Waals surface area contributed by atoms with E-state index >= 15 is 0 Å². The van der Waals surface area contributed by atoms with Crippen LogP contribution in [0.5, 0.6) is 0 Å². The summed E-state index contributed by atoms with van der Waals surface area (Å²) < 4.78 is 1.24. The number of rotatable bonds is 5. The van der Waals surface area contributed by atoms with Crippen molar-refractivity contribution in [3.05, 3.63) is 117 Å². The first kappa shape index (κ1) is 22.0. The lowest BCUT2D eigenvalue weighted by molar-refractivity contribution is -0.117.